The van der Waals surface area contributed by atoms with Gasteiger partial charge < -0.3 is 0 Å². The number of ketones is 1. The van der Waals surface area contributed by atoms with Gasteiger partial charge in [0.15, 0.2) is 11.5 Å². The highest BCUT2D eigenvalue weighted by Gasteiger charge is 2.23. The van der Waals surface area contributed by atoms with E-state index < -0.39 is 0 Å². The van der Waals surface area contributed by atoms with Gasteiger partial charge in [0, 0.05) is 22.3 Å². The third-order valence-corrected chi connectivity index (χ3v) is 4.69. The molecule has 0 unspecified atom stereocenters. The maximum Gasteiger partial charge on any atom is 0.194 e. The zero-order valence-electron chi connectivity index (χ0n) is 14.5. The lowest BCUT2D eigenvalue weighted by Gasteiger charge is -2.17. The summed E-state index contributed by atoms with van der Waals surface area (Å²) in [6.45, 7) is 13.3. The second-order valence-electron chi connectivity index (χ2n) is 6.31. The summed E-state index contributed by atoms with van der Waals surface area (Å²) in [5, 5.41) is 12.2. The van der Waals surface area contributed by atoms with Crippen LogP contribution in [-0.4, -0.2) is 5.78 Å². The molecule has 2 aromatic carbocycles. The van der Waals surface area contributed by atoms with Gasteiger partial charge in [0.25, 0.3) is 0 Å². The van der Waals surface area contributed by atoms with Crippen LogP contribution in [0.3, 0.4) is 0 Å². The molecule has 0 atom stereocenters. The van der Waals surface area contributed by atoms with Gasteiger partial charge in [0.2, 0.25) is 0 Å². The van der Waals surface area contributed by atoms with Crippen molar-refractivity contribution in [2.45, 2.75) is 48.5 Å². The Bertz CT molecular complexity index is 731. The topological polar surface area (TPSA) is 37.0 Å². The van der Waals surface area contributed by atoms with Crippen molar-refractivity contribution in [3.8, 4) is 5.75 Å². The minimum absolute atomic E-state index is 0.0243. The fourth-order valence-corrected chi connectivity index (χ4v) is 3.28. The van der Waals surface area contributed by atoms with Crippen molar-refractivity contribution in [2.75, 3.05) is 0 Å². The van der Waals surface area contributed by atoms with Crippen LogP contribution in [0.2, 0.25) is 0 Å². The minimum Gasteiger partial charge on any atom is -0.289 e. The molecule has 0 heterocycles. The maximum absolute atomic E-state index is 13.2. The average molecular weight is 295 g/mol. The second kappa shape index (κ2) is 5.60. The predicted molar refractivity (Wildman–Crippen MR) is 89.6 cm³/mol. The second-order valence-corrected chi connectivity index (χ2v) is 6.31. The molecule has 0 aliphatic heterocycles. The van der Waals surface area contributed by atoms with Crippen LogP contribution in [0, 0.1) is 48.5 Å². The normalized spacial score (nSPS) is 10.9. The summed E-state index contributed by atoms with van der Waals surface area (Å²) in [6, 6.07) is 4.07. The molecule has 1 radical (unpaired) electrons. The molecule has 0 aromatic heterocycles. The van der Waals surface area contributed by atoms with E-state index in [2.05, 4.69) is 0 Å². The molecular weight excluding hydrogens is 272 g/mol. The Morgan fingerprint density at radius 3 is 1.50 bits per heavy atom. The van der Waals surface area contributed by atoms with Crippen LogP contribution in [0.5, 0.6) is 5.75 Å². The van der Waals surface area contributed by atoms with Crippen molar-refractivity contribution >= 4 is 5.78 Å². The van der Waals surface area contributed by atoms with Crippen molar-refractivity contribution in [3.05, 3.63) is 62.2 Å². The van der Waals surface area contributed by atoms with Gasteiger partial charge in [-0.25, -0.2) is 0 Å². The van der Waals surface area contributed by atoms with Crippen LogP contribution < -0.4 is 0 Å². The summed E-state index contributed by atoms with van der Waals surface area (Å²) >= 11 is 0. The van der Waals surface area contributed by atoms with Crippen LogP contribution in [0.15, 0.2) is 12.1 Å². The number of rotatable bonds is 2. The summed E-state index contributed by atoms with van der Waals surface area (Å²) < 4.78 is 0. The Kier molecular flexibility index (Phi) is 4.15. The quantitative estimate of drug-likeness (QED) is 0.700. The fourth-order valence-electron chi connectivity index (χ4n) is 3.28. The summed E-state index contributed by atoms with van der Waals surface area (Å²) in [5.41, 5.74) is 7.53. The molecule has 0 N–H and O–H groups in total. The van der Waals surface area contributed by atoms with Gasteiger partial charge in [-0.3, -0.25) is 9.90 Å². The maximum atomic E-state index is 13.2. The molecule has 2 rings (SSSR count). The van der Waals surface area contributed by atoms with Gasteiger partial charge in [-0.15, -0.1) is 0 Å². The fraction of sp³-hybridized carbons (Fsp3) is 0.350. The standard InChI is InChI=1S/C20H23O2/c1-10-8-11(2)17(12(3)9-10)20(22)18-13(4)15(6)19(21)16(7)14(18)5/h8-9H,1-7H3. The molecule has 115 valence electrons. The summed E-state index contributed by atoms with van der Waals surface area (Å²) in [4.78, 5) is 13.2. The molecule has 0 aliphatic rings. The van der Waals surface area contributed by atoms with Crippen molar-refractivity contribution in [3.63, 3.8) is 0 Å². The van der Waals surface area contributed by atoms with E-state index in [-0.39, 0.29) is 11.5 Å². The molecule has 2 aromatic rings. The van der Waals surface area contributed by atoms with E-state index in [0.29, 0.717) is 16.7 Å². The van der Waals surface area contributed by atoms with E-state index in [1.807, 2.05) is 46.8 Å². The number of benzene rings is 2. The number of hydrogen-bond acceptors (Lipinski definition) is 1. The Morgan fingerprint density at radius 2 is 1.09 bits per heavy atom. The van der Waals surface area contributed by atoms with Crippen molar-refractivity contribution < 1.29 is 9.90 Å². The molecule has 0 amide bonds. The van der Waals surface area contributed by atoms with E-state index in [1.54, 1.807) is 13.8 Å². The van der Waals surface area contributed by atoms with Gasteiger partial charge in [-0.1, -0.05) is 17.7 Å². The smallest absolute Gasteiger partial charge is 0.194 e. The van der Waals surface area contributed by atoms with Crippen molar-refractivity contribution in [1.29, 1.82) is 0 Å². The Hall–Kier alpha value is -2.09. The van der Waals surface area contributed by atoms with E-state index >= 15 is 0 Å². The van der Waals surface area contributed by atoms with E-state index in [1.165, 1.54) is 0 Å². The molecule has 0 saturated heterocycles. The zero-order valence-corrected chi connectivity index (χ0v) is 14.5. The molecule has 0 spiro atoms. The lowest BCUT2D eigenvalue weighted by atomic mass is 9.85. The predicted octanol–water partition coefficient (Wildman–Crippen LogP) is 5.22. The highest BCUT2D eigenvalue weighted by atomic mass is 16.3. The van der Waals surface area contributed by atoms with E-state index in [0.717, 1.165) is 33.4 Å². The van der Waals surface area contributed by atoms with Crippen LogP contribution in [0.25, 0.3) is 0 Å². The third kappa shape index (κ3) is 2.43. The monoisotopic (exact) mass is 295 g/mol. The largest absolute Gasteiger partial charge is 0.289 e. The zero-order chi connectivity index (χ0) is 16.8. The van der Waals surface area contributed by atoms with E-state index in [9.17, 15) is 9.90 Å². The molecule has 0 bridgehead atoms. The number of carbonyl (C=O) groups excluding carboxylic acids is 1. The SMILES string of the molecule is Cc1cc(C)c(C(=O)c2c(C)c(C)c([O])c(C)c2C)c(C)c1. The van der Waals surface area contributed by atoms with Gasteiger partial charge >= 0.3 is 0 Å². The number of hydrogen-bond donors (Lipinski definition) is 0. The Morgan fingerprint density at radius 1 is 0.682 bits per heavy atom. The molecule has 0 saturated carbocycles. The number of aryl methyl sites for hydroxylation is 3. The molecule has 0 fully saturated rings. The average Bonchev–Trinajstić information content (AvgIpc) is 2.42. The molecule has 0 aliphatic carbocycles. The van der Waals surface area contributed by atoms with Crippen molar-refractivity contribution in [2.24, 2.45) is 0 Å². The highest BCUT2D eigenvalue weighted by Crippen LogP contribution is 2.34. The lowest BCUT2D eigenvalue weighted by Crippen LogP contribution is -2.12. The first-order valence-corrected chi connectivity index (χ1v) is 7.56. The van der Waals surface area contributed by atoms with Crippen molar-refractivity contribution in [1.82, 2.24) is 0 Å². The van der Waals surface area contributed by atoms with E-state index in [4.69, 9.17) is 0 Å². The lowest BCUT2D eigenvalue weighted by molar-refractivity contribution is 0.103. The highest BCUT2D eigenvalue weighted by molar-refractivity contribution is 6.13. The van der Waals surface area contributed by atoms with Gasteiger partial charge in [0.05, 0.1) is 0 Å². The van der Waals surface area contributed by atoms with Crippen LogP contribution >= 0.6 is 0 Å². The van der Waals surface area contributed by atoms with Crippen LogP contribution in [0.4, 0.5) is 0 Å². The minimum atomic E-state index is 0.0243. The molecule has 2 nitrogen and oxygen atoms in total. The first-order chi connectivity index (χ1) is 10.2. The summed E-state index contributed by atoms with van der Waals surface area (Å²) in [6.07, 6.45) is 0. The first-order valence-electron chi connectivity index (χ1n) is 7.56. The van der Waals surface area contributed by atoms with Gasteiger partial charge in [0.1, 0.15) is 0 Å². The number of carbonyl (C=O) groups is 1. The first kappa shape index (κ1) is 16.3. The summed E-state index contributed by atoms with van der Waals surface area (Å²) in [7, 11) is 0. The third-order valence-electron chi connectivity index (χ3n) is 4.69. The molecule has 2 heteroatoms. The van der Waals surface area contributed by atoms with Crippen LogP contribution in [-0.2, 0) is 5.11 Å². The van der Waals surface area contributed by atoms with Crippen LogP contribution in [0.1, 0.15) is 54.9 Å². The van der Waals surface area contributed by atoms with Gasteiger partial charge in [-0.2, -0.15) is 0 Å². The van der Waals surface area contributed by atoms with Gasteiger partial charge in [-0.05, 0) is 70.7 Å². The summed E-state index contributed by atoms with van der Waals surface area (Å²) in [5.74, 6) is 0.0695. The Labute approximate surface area is 132 Å². The Balaban J connectivity index is 2.76. The molecule has 22 heavy (non-hydrogen) atoms. The molecular formula is C20H23O2.